The third-order valence-corrected chi connectivity index (χ3v) is 2.62. The molecule has 1 amide bonds. The van der Waals surface area contributed by atoms with E-state index >= 15 is 0 Å². The third-order valence-electron chi connectivity index (χ3n) is 2.62. The normalized spacial score (nSPS) is 11.8. The van der Waals surface area contributed by atoms with E-state index in [0.717, 1.165) is 5.56 Å². The first-order valence-corrected chi connectivity index (χ1v) is 5.82. The standard InChI is InChI=1S/C15H15NO2/c17-14(11-12-7-3-1-4-8-12)16-15(18)13-9-5-2-6-10-13/h1-10,15,18H,11H2,(H,16,17)/t15-/m0/s1. The second kappa shape index (κ2) is 5.98. The van der Waals surface area contributed by atoms with Gasteiger partial charge in [-0.3, -0.25) is 4.79 Å². The maximum absolute atomic E-state index is 11.7. The Balaban J connectivity index is 1.92. The zero-order valence-electron chi connectivity index (χ0n) is 9.91. The van der Waals surface area contributed by atoms with Crippen LogP contribution in [0.5, 0.6) is 0 Å². The summed E-state index contributed by atoms with van der Waals surface area (Å²) in [4.78, 5) is 11.7. The SMILES string of the molecule is O=C(Cc1ccccc1)N[C@@H](O)c1ccccc1. The maximum atomic E-state index is 11.7. The Bertz CT molecular complexity index is 496. The largest absolute Gasteiger partial charge is 0.369 e. The molecule has 0 heterocycles. The summed E-state index contributed by atoms with van der Waals surface area (Å²) in [7, 11) is 0. The Kier molecular flexibility index (Phi) is 4.10. The first-order chi connectivity index (χ1) is 8.75. The number of benzene rings is 2. The van der Waals surface area contributed by atoms with Crippen molar-refractivity contribution in [2.24, 2.45) is 0 Å². The van der Waals surface area contributed by atoms with Crippen LogP contribution in [0, 0.1) is 0 Å². The molecule has 2 rings (SSSR count). The van der Waals surface area contributed by atoms with Gasteiger partial charge in [-0.1, -0.05) is 60.7 Å². The Morgan fingerprint density at radius 3 is 2.17 bits per heavy atom. The van der Waals surface area contributed by atoms with E-state index in [1.807, 2.05) is 48.5 Å². The van der Waals surface area contributed by atoms with Crippen molar-refractivity contribution in [2.45, 2.75) is 12.6 Å². The topological polar surface area (TPSA) is 49.3 Å². The molecule has 3 nitrogen and oxygen atoms in total. The molecule has 0 saturated carbocycles. The molecule has 92 valence electrons. The summed E-state index contributed by atoms with van der Waals surface area (Å²) in [5, 5.41) is 12.4. The summed E-state index contributed by atoms with van der Waals surface area (Å²) in [6.45, 7) is 0. The van der Waals surface area contributed by atoms with Gasteiger partial charge in [0.05, 0.1) is 6.42 Å². The Morgan fingerprint density at radius 2 is 1.56 bits per heavy atom. The van der Waals surface area contributed by atoms with E-state index in [-0.39, 0.29) is 12.3 Å². The highest BCUT2D eigenvalue weighted by Gasteiger charge is 2.10. The van der Waals surface area contributed by atoms with Crippen LogP contribution in [-0.4, -0.2) is 11.0 Å². The molecule has 0 aromatic heterocycles. The molecule has 2 N–H and O–H groups in total. The van der Waals surface area contributed by atoms with Crippen LogP contribution in [0.25, 0.3) is 0 Å². The van der Waals surface area contributed by atoms with Gasteiger partial charge in [-0.25, -0.2) is 0 Å². The van der Waals surface area contributed by atoms with Gasteiger partial charge in [-0.15, -0.1) is 0 Å². The van der Waals surface area contributed by atoms with Crippen molar-refractivity contribution in [1.29, 1.82) is 0 Å². The summed E-state index contributed by atoms with van der Waals surface area (Å²) in [5.74, 6) is -0.197. The zero-order chi connectivity index (χ0) is 12.8. The van der Waals surface area contributed by atoms with Crippen LogP contribution < -0.4 is 5.32 Å². The molecular weight excluding hydrogens is 226 g/mol. The second-order valence-corrected chi connectivity index (χ2v) is 4.04. The van der Waals surface area contributed by atoms with Gasteiger partial charge in [-0.2, -0.15) is 0 Å². The summed E-state index contributed by atoms with van der Waals surface area (Å²) >= 11 is 0. The van der Waals surface area contributed by atoms with Crippen molar-refractivity contribution in [2.75, 3.05) is 0 Å². The fourth-order valence-electron chi connectivity index (χ4n) is 1.70. The highest BCUT2D eigenvalue weighted by atomic mass is 16.3. The average Bonchev–Trinajstić information content (AvgIpc) is 2.40. The fourth-order valence-corrected chi connectivity index (χ4v) is 1.70. The highest BCUT2D eigenvalue weighted by Crippen LogP contribution is 2.09. The van der Waals surface area contributed by atoms with Gasteiger partial charge in [0.2, 0.25) is 5.91 Å². The summed E-state index contributed by atoms with van der Waals surface area (Å²) in [6, 6.07) is 18.5. The molecule has 0 bridgehead atoms. The van der Waals surface area contributed by atoms with Crippen LogP contribution in [-0.2, 0) is 11.2 Å². The quantitative estimate of drug-likeness (QED) is 0.805. The van der Waals surface area contributed by atoms with Gasteiger partial charge in [0.15, 0.2) is 6.23 Å². The van der Waals surface area contributed by atoms with Gasteiger partial charge < -0.3 is 10.4 Å². The summed E-state index contributed by atoms with van der Waals surface area (Å²) in [5.41, 5.74) is 1.61. The van der Waals surface area contributed by atoms with Crippen molar-refractivity contribution in [3.05, 3.63) is 71.8 Å². The van der Waals surface area contributed by atoms with E-state index < -0.39 is 6.23 Å². The molecule has 0 saturated heterocycles. The minimum atomic E-state index is -0.956. The first-order valence-electron chi connectivity index (χ1n) is 5.82. The number of carbonyl (C=O) groups excluding carboxylic acids is 1. The Hall–Kier alpha value is -2.13. The van der Waals surface area contributed by atoms with Crippen LogP contribution in [0.4, 0.5) is 0 Å². The van der Waals surface area contributed by atoms with Crippen molar-refractivity contribution in [3.63, 3.8) is 0 Å². The van der Waals surface area contributed by atoms with E-state index in [0.29, 0.717) is 5.56 Å². The monoisotopic (exact) mass is 241 g/mol. The van der Waals surface area contributed by atoms with Crippen molar-refractivity contribution >= 4 is 5.91 Å². The number of rotatable bonds is 4. The number of hydrogen-bond donors (Lipinski definition) is 2. The first kappa shape index (κ1) is 12.3. The highest BCUT2D eigenvalue weighted by molar-refractivity contribution is 5.78. The molecule has 2 aromatic carbocycles. The zero-order valence-corrected chi connectivity index (χ0v) is 9.91. The second-order valence-electron chi connectivity index (χ2n) is 4.04. The molecule has 0 radical (unpaired) electrons. The van der Waals surface area contributed by atoms with Gasteiger partial charge in [0.25, 0.3) is 0 Å². The van der Waals surface area contributed by atoms with Crippen LogP contribution in [0.2, 0.25) is 0 Å². The minimum absolute atomic E-state index is 0.197. The molecule has 0 fully saturated rings. The molecule has 0 aliphatic rings. The molecule has 18 heavy (non-hydrogen) atoms. The van der Waals surface area contributed by atoms with Crippen molar-refractivity contribution in [1.82, 2.24) is 5.32 Å². The van der Waals surface area contributed by atoms with Gasteiger partial charge in [0.1, 0.15) is 0 Å². The third kappa shape index (κ3) is 3.43. The minimum Gasteiger partial charge on any atom is -0.369 e. The lowest BCUT2D eigenvalue weighted by Crippen LogP contribution is -2.29. The summed E-state index contributed by atoms with van der Waals surface area (Å²) in [6.07, 6.45) is -0.688. The van der Waals surface area contributed by atoms with Crippen molar-refractivity contribution in [3.8, 4) is 0 Å². The van der Waals surface area contributed by atoms with Crippen LogP contribution in [0.15, 0.2) is 60.7 Å². The van der Waals surface area contributed by atoms with Crippen molar-refractivity contribution < 1.29 is 9.90 Å². The smallest absolute Gasteiger partial charge is 0.226 e. The molecule has 0 spiro atoms. The molecule has 1 atom stereocenters. The van der Waals surface area contributed by atoms with Crippen LogP contribution in [0.3, 0.4) is 0 Å². The molecule has 2 aromatic rings. The van der Waals surface area contributed by atoms with E-state index in [1.54, 1.807) is 12.1 Å². The van der Waals surface area contributed by atoms with Gasteiger partial charge >= 0.3 is 0 Å². The fraction of sp³-hybridized carbons (Fsp3) is 0.133. The lowest BCUT2D eigenvalue weighted by Gasteiger charge is -2.13. The number of hydrogen-bond acceptors (Lipinski definition) is 2. The van der Waals surface area contributed by atoms with E-state index in [4.69, 9.17) is 0 Å². The predicted molar refractivity (Wildman–Crippen MR) is 69.7 cm³/mol. The molecule has 0 aliphatic heterocycles. The average molecular weight is 241 g/mol. The number of aliphatic hydroxyl groups excluding tert-OH is 1. The molecular formula is C15H15NO2. The number of amides is 1. The maximum Gasteiger partial charge on any atom is 0.226 e. The molecule has 0 aliphatic carbocycles. The number of carbonyl (C=O) groups is 1. The van der Waals surface area contributed by atoms with Crippen LogP contribution in [0.1, 0.15) is 17.4 Å². The lowest BCUT2D eigenvalue weighted by atomic mass is 10.1. The molecule has 0 unspecified atom stereocenters. The predicted octanol–water partition coefficient (Wildman–Crippen LogP) is 2.04. The van der Waals surface area contributed by atoms with E-state index in [9.17, 15) is 9.90 Å². The number of nitrogens with one attached hydrogen (secondary N) is 1. The van der Waals surface area contributed by atoms with E-state index in [1.165, 1.54) is 0 Å². The van der Waals surface area contributed by atoms with Crippen LogP contribution >= 0.6 is 0 Å². The summed E-state index contributed by atoms with van der Waals surface area (Å²) < 4.78 is 0. The van der Waals surface area contributed by atoms with Gasteiger partial charge in [-0.05, 0) is 5.56 Å². The van der Waals surface area contributed by atoms with Gasteiger partial charge in [0, 0.05) is 5.56 Å². The Labute approximate surface area is 106 Å². The lowest BCUT2D eigenvalue weighted by molar-refractivity contribution is -0.123. The Morgan fingerprint density at radius 1 is 1.00 bits per heavy atom. The molecule has 3 heteroatoms. The number of aliphatic hydroxyl groups is 1. The van der Waals surface area contributed by atoms with E-state index in [2.05, 4.69) is 5.32 Å².